The first-order valence-electron chi connectivity index (χ1n) is 16.2. The molecule has 0 spiro atoms. The van der Waals surface area contributed by atoms with Crippen LogP contribution < -0.4 is 0 Å². The van der Waals surface area contributed by atoms with Crippen molar-refractivity contribution in [3.8, 4) is 55.6 Å². The van der Waals surface area contributed by atoms with Gasteiger partial charge in [-0.2, -0.15) is 0 Å². The Kier molecular flexibility index (Phi) is 6.80. The summed E-state index contributed by atoms with van der Waals surface area (Å²) in [5.74, 6) is 0. The van der Waals surface area contributed by atoms with E-state index in [0.717, 1.165) is 33.2 Å². The van der Waals surface area contributed by atoms with E-state index in [0.29, 0.717) is 0 Å². The number of aromatic nitrogens is 3. The number of fused-ring (bicyclic) bond motifs is 3. The molecule has 9 aromatic rings. The van der Waals surface area contributed by atoms with Crippen molar-refractivity contribution in [3.05, 3.63) is 177 Å². The maximum absolute atomic E-state index is 4.56. The van der Waals surface area contributed by atoms with Crippen LogP contribution in [0.25, 0.3) is 88.1 Å². The van der Waals surface area contributed by atoms with Crippen LogP contribution >= 0.6 is 0 Å². The molecule has 0 aliphatic rings. The predicted octanol–water partition coefficient (Wildman–Crippen LogP) is 11.7. The lowest BCUT2D eigenvalue weighted by Gasteiger charge is -2.18. The second kappa shape index (κ2) is 11.7. The van der Waals surface area contributed by atoms with Gasteiger partial charge in [-0.05, 0) is 96.4 Å². The van der Waals surface area contributed by atoms with E-state index in [-0.39, 0.29) is 0 Å². The molecule has 6 aromatic carbocycles. The minimum absolute atomic E-state index is 1.01. The zero-order chi connectivity index (χ0) is 31.9. The molecule has 0 atom stereocenters. The van der Waals surface area contributed by atoms with Crippen LogP contribution in [0.3, 0.4) is 0 Å². The number of benzene rings is 6. The van der Waals surface area contributed by atoms with E-state index in [1.807, 2.05) is 49.2 Å². The van der Waals surface area contributed by atoms with Crippen LogP contribution in [0.5, 0.6) is 0 Å². The molecule has 48 heavy (non-hydrogen) atoms. The summed E-state index contributed by atoms with van der Waals surface area (Å²) in [5.41, 5.74) is 12.7. The number of pyridine rings is 3. The van der Waals surface area contributed by atoms with Gasteiger partial charge in [0.2, 0.25) is 0 Å². The van der Waals surface area contributed by atoms with Gasteiger partial charge in [-0.15, -0.1) is 0 Å². The predicted molar refractivity (Wildman–Crippen MR) is 200 cm³/mol. The maximum atomic E-state index is 4.56. The minimum Gasteiger partial charge on any atom is -0.265 e. The molecular formula is C45H29N3. The monoisotopic (exact) mass is 611 g/mol. The Balaban J connectivity index is 1.15. The van der Waals surface area contributed by atoms with E-state index in [1.165, 1.54) is 54.9 Å². The van der Waals surface area contributed by atoms with Gasteiger partial charge >= 0.3 is 0 Å². The summed E-state index contributed by atoms with van der Waals surface area (Å²) in [5, 5.41) is 6.13. The molecule has 0 saturated heterocycles. The fourth-order valence-corrected chi connectivity index (χ4v) is 7.05. The fourth-order valence-electron chi connectivity index (χ4n) is 7.05. The highest BCUT2D eigenvalue weighted by molar-refractivity contribution is 6.21. The third-order valence-corrected chi connectivity index (χ3v) is 9.32. The summed E-state index contributed by atoms with van der Waals surface area (Å²) >= 11 is 0. The fraction of sp³-hybridized carbons (Fsp3) is 0. The quantitative estimate of drug-likeness (QED) is 0.182. The van der Waals surface area contributed by atoms with Crippen LogP contribution in [-0.4, -0.2) is 15.0 Å². The Morgan fingerprint density at radius 2 is 0.812 bits per heavy atom. The maximum Gasteiger partial charge on any atom is 0.0708 e. The van der Waals surface area contributed by atoms with Gasteiger partial charge in [0.15, 0.2) is 0 Å². The van der Waals surface area contributed by atoms with Gasteiger partial charge in [0, 0.05) is 47.5 Å². The molecule has 0 bridgehead atoms. The number of hydrogen-bond acceptors (Lipinski definition) is 3. The Morgan fingerprint density at radius 1 is 0.312 bits per heavy atom. The van der Waals surface area contributed by atoms with E-state index < -0.39 is 0 Å². The molecule has 0 aliphatic carbocycles. The van der Waals surface area contributed by atoms with E-state index >= 15 is 0 Å². The van der Waals surface area contributed by atoms with Crippen molar-refractivity contribution >= 4 is 32.4 Å². The van der Waals surface area contributed by atoms with Gasteiger partial charge in [-0.1, -0.05) is 115 Å². The van der Waals surface area contributed by atoms with Gasteiger partial charge in [0.05, 0.1) is 5.52 Å². The summed E-state index contributed by atoms with van der Waals surface area (Å²) < 4.78 is 0. The minimum atomic E-state index is 1.01. The third-order valence-electron chi connectivity index (χ3n) is 9.32. The van der Waals surface area contributed by atoms with E-state index in [9.17, 15) is 0 Å². The van der Waals surface area contributed by atoms with Crippen LogP contribution in [0.2, 0.25) is 0 Å². The van der Waals surface area contributed by atoms with Gasteiger partial charge in [0.25, 0.3) is 0 Å². The summed E-state index contributed by atoms with van der Waals surface area (Å²) in [6.45, 7) is 0. The van der Waals surface area contributed by atoms with Gasteiger partial charge in [0.1, 0.15) is 0 Å². The lowest BCUT2D eigenvalue weighted by molar-refractivity contribution is 1.30. The lowest BCUT2D eigenvalue weighted by Crippen LogP contribution is -1.91. The highest BCUT2D eigenvalue weighted by atomic mass is 14.6. The molecule has 0 unspecified atom stereocenters. The average Bonchev–Trinajstić information content (AvgIpc) is 3.17. The molecule has 0 amide bonds. The molecule has 224 valence electrons. The number of nitrogens with zero attached hydrogens (tertiary/aromatic N) is 3. The Hall–Kier alpha value is -6.45. The molecule has 3 nitrogen and oxygen atoms in total. The van der Waals surface area contributed by atoms with Crippen molar-refractivity contribution in [2.24, 2.45) is 0 Å². The van der Waals surface area contributed by atoms with E-state index in [4.69, 9.17) is 0 Å². The van der Waals surface area contributed by atoms with Crippen LogP contribution in [0.15, 0.2) is 177 Å². The molecule has 3 heteroatoms. The molecule has 0 aliphatic heterocycles. The second-order valence-electron chi connectivity index (χ2n) is 12.1. The number of hydrogen-bond donors (Lipinski definition) is 0. The SMILES string of the molecule is c1cc(-c2ccc(-c3c4ccccc4c(-c4ccc(-c5cncc(-c6ccncc6)c5)cc4)c4ccccc34)cc2)c2cccnc2c1. The second-order valence-corrected chi connectivity index (χ2v) is 12.1. The standard InChI is InChI=1S/C45H29N3/c1-3-9-41-39(7-1)44(33-18-14-30(15-19-33)35-27-36(29-47-28-35)31-22-25-46-26-23-31)40-8-2-4-10-42(40)45(41)34-20-16-32(17-21-34)37-11-5-13-43-38(37)12-6-24-48-43/h1-29H. The van der Waals surface area contributed by atoms with Crippen LogP contribution in [0, 0.1) is 0 Å². The first-order valence-corrected chi connectivity index (χ1v) is 16.2. The first kappa shape index (κ1) is 27.8. The average molecular weight is 612 g/mol. The summed E-state index contributed by atoms with van der Waals surface area (Å²) in [4.78, 5) is 13.3. The molecule has 0 N–H and O–H groups in total. The molecule has 0 saturated carbocycles. The Labute approximate surface area is 278 Å². The van der Waals surface area contributed by atoms with E-state index in [2.05, 4.69) is 142 Å². The van der Waals surface area contributed by atoms with Crippen molar-refractivity contribution in [3.63, 3.8) is 0 Å². The smallest absolute Gasteiger partial charge is 0.0708 e. The van der Waals surface area contributed by atoms with Crippen LogP contribution in [0.4, 0.5) is 0 Å². The number of rotatable bonds is 5. The summed E-state index contributed by atoms with van der Waals surface area (Å²) in [7, 11) is 0. The zero-order valence-electron chi connectivity index (χ0n) is 26.1. The van der Waals surface area contributed by atoms with Gasteiger partial charge in [-0.3, -0.25) is 15.0 Å². The molecule has 0 radical (unpaired) electrons. The van der Waals surface area contributed by atoms with Crippen molar-refractivity contribution < 1.29 is 0 Å². The molecule has 9 rings (SSSR count). The van der Waals surface area contributed by atoms with Crippen LogP contribution in [-0.2, 0) is 0 Å². The van der Waals surface area contributed by atoms with Crippen molar-refractivity contribution in [1.29, 1.82) is 0 Å². The highest BCUT2D eigenvalue weighted by Crippen LogP contribution is 2.44. The summed E-state index contributed by atoms with van der Waals surface area (Å²) in [6.07, 6.45) is 9.32. The largest absolute Gasteiger partial charge is 0.265 e. The van der Waals surface area contributed by atoms with Gasteiger partial charge < -0.3 is 0 Å². The molecular weight excluding hydrogens is 583 g/mol. The Bertz CT molecular complexity index is 2530. The molecule has 3 aromatic heterocycles. The summed E-state index contributed by atoms with van der Waals surface area (Å²) in [6, 6.07) is 52.3. The van der Waals surface area contributed by atoms with Crippen molar-refractivity contribution in [2.75, 3.05) is 0 Å². The zero-order valence-corrected chi connectivity index (χ0v) is 26.1. The topological polar surface area (TPSA) is 38.7 Å². The lowest BCUT2D eigenvalue weighted by atomic mass is 9.85. The van der Waals surface area contributed by atoms with E-state index in [1.54, 1.807) is 0 Å². The normalized spacial score (nSPS) is 11.3. The van der Waals surface area contributed by atoms with Gasteiger partial charge in [-0.25, -0.2) is 0 Å². The highest BCUT2D eigenvalue weighted by Gasteiger charge is 2.17. The molecule has 3 heterocycles. The van der Waals surface area contributed by atoms with Crippen molar-refractivity contribution in [2.45, 2.75) is 0 Å². The van der Waals surface area contributed by atoms with Crippen molar-refractivity contribution in [1.82, 2.24) is 15.0 Å². The Morgan fingerprint density at radius 3 is 1.40 bits per heavy atom. The van der Waals surface area contributed by atoms with Crippen LogP contribution in [0.1, 0.15) is 0 Å². The third kappa shape index (κ3) is 4.81. The first-order chi connectivity index (χ1) is 23.8. The molecule has 0 fully saturated rings.